The molecule has 1 amide bonds. The molecule has 0 aromatic heterocycles. The number of nitrogens with one attached hydrogen (secondary N) is 1. The molecule has 14 nitrogen and oxygen atoms in total. The molecule has 2 saturated heterocycles. The molecule has 0 aliphatic carbocycles. The molecule has 0 bridgehead atoms. The second kappa shape index (κ2) is 45.4. The van der Waals surface area contributed by atoms with Crippen LogP contribution in [0.25, 0.3) is 0 Å². The van der Waals surface area contributed by atoms with Crippen LogP contribution in [0, 0.1) is 0 Å². The van der Waals surface area contributed by atoms with E-state index in [2.05, 4.69) is 79.9 Å². The van der Waals surface area contributed by atoms with Gasteiger partial charge in [-0.1, -0.05) is 202 Å². The van der Waals surface area contributed by atoms with Gasteiger partial charge in [-0.2, -0.15) is 0 Å². The number of hydrogen-bond acceptors (Lipinski definition) is 13. The second-order valence-corrected chi connectivity index (χ2v) is 20.4. The maximum atomic E-state index is 13.2. The summed E-state index contributed by atoms with van der Waals surface area (Å²) in [5, 5.41) is 87.0. The van der Waals surface area contributed by atoms with Gasteiger partial charge in [-0.15, -0.1) is 0 Å². The largest absolute Gasteiger partial charge is 0.394 e. The maximum Gasteiger partial charge on any atom is 0.220 e. The van der Waals surface area contributed by atoms with Gasteiger partial charge in [0.05, 0.1) is 32.0 Å². The summed E-state index contributed by atoms with van der Waals surface area (Å²) in [4.78, 5) is 13.2. The van der Waals surface area contributed by atoms with Crippen LogP contribution in [0.4, 0.5) is 0 Å². The highest BCUT2D eigenvalue weighted by molar-refractivity contribution is 5.76. The highest BCUT2D eigenvalue weighted by atomic mass is 16.7. The lowest BCUT2D eigenvalue weighted by molar-refractivity contribution is -0.359. The van der Waals surface area contributed by atoms with E-state index in [0.29, 0.717) is 12.8 Å². The molecule has 14 heteroatoms. The zero-order valence-electron chi connectivity index (χ0n) is 45.8. The lowest BCUT2D eigenvalue weighted by Gasteiger charge is -2.46. The Bertz CT molecular complexity index is 1520. The average molecular weight is 1050 g/mol. The number of aliphatic hydroxyl groups is 8. The lowest BCUT2D eigenvalue weighted by Crippen LogP contribution is -2.65. The van der Waals surface area contributed by atoms with Gasteiger partial charge in [0, 0.05) is 6.42 Å². The smallest absolute Gasteiger partial charge is 0.220 e. The van der Waals surface area contributed by atoms with Crippen LogP contribution in [0.3, 0.4) is 0 Å². The van der Waals surface area contributed by atoms with E-state index in [1.807, 2.05) is 6.08 Å². The van der Waals surface area contributed by atoms with Gasteiger partial charge in [-0.3, -0.25) is 4.79 Å². The number of allylic oxidation sites excluding steroid dienone is 11. The van der Waals surface area contributed by atoms with Crippen LogP contribution in [0.1, 0.15) is 206 Å². The molecule has 2 rings (SSSR count). The molecule has 9 N–H and O–H groups in total. The fourth-order valence-electron chi connectivity index (χ4n) is 9.18. The van der Waals surface area contributed by atoms with Crippen molar-refractivity contribution in [1.29, 1.82) is 0 Å². The van der Waals surface area contributed by atoms with Crippen molar-refractivity contribution in [3.8, 4) is 0 Å². The fraction of sp³-hybridized carbons (Fsp3) is 0.783. The van der Waals surface area contributed by atoms with Crippen LogP contribution < -0.4 is 5.32 Å². The Labute approximate surface area is 447 Å². The first-order valence-electron chi connectivity index (χ1n) is 29.2. The number of unbranched alkanes of at least 4 members (excludes halogenated alkanes) is 22. The molecular formula is C60H105NO13. The molecule has 0 saturated carbocycles. The summed E-state index contributed by atoms with van der Waals surface area (Å²) >= 11 is 0. The lowest BCUT2D eigenvalue weighted by atomic mass is 9.97. The molecule has 2 aliphatic rings. The van der Waals surface area contributed by atoms with Crippen LogP contribution in [0.5, 0.6) is 0 Å². The summed E-state index contributed by atoms with van der Waals surface area (Å²) in [6, 6.07) is -0.937. The van der Waals surface area contributed by atoms with Crippen LogP contribution >= 0.6 is 0 Å². The second-order valence-electron chi connectivity index (χ2n) is 20.4. The first-order chi connectivity index (χ1) is 36.1. The standard InChI is InChI=1S/C60H105NO13/c1-3-5-7-9-11-13-15-17-19-21-22-23-24-25-26-28-30-32-34-36-38-40-42-44-52(65)61-48(49(64)43-41-39-37-35-33-31-29-27-20-18-16-14-12-10-8-6-4-2)47-71-59-57(70)55(68)58(51(46-63)73-59)74-60-56(69)54(67)53(66)50(45-62)72-60/h5,7,11,13,17,19,22-23,33,35,41,43,48-51,53-60,62-64,66-70H,3-4,6,8-10,12,14-16,18,20-21,24-32,34,36-40,42,44-47H2,1-2H3,(H,61,65)/b7-5-,13-11-,19-17-,23-22-,35-33+,43-41+. The monoisotopic (exact) mass is 1050 g/mol. The molecule has 74 heavy (non-hydrogen) atoms. The van der Waals surface area contributed by atoms with Gasteiger partial charge in [0.15, 0.2) is 12.6 Å². The minimum atomic E-state index is -1.79. The third kappa shape index (κ3) is 31.0. The third-order valence-corrected chi connectivity index (χ3v) is 13.9. The molecular weight excluding hydrogens is 943 g/mol. The zero-order valence-corrected chi connectivity index (χ0v) is 45.8. The van der Waals surface area contributed by atoms with Gasteiger partial charge in [-0.25, -0.2) is 0 Å². The summed E-state index contributed by atoms with van der Waals surface area (Å²) in [5.41, 5.74) is 0. The highest BCUT2D eigenvalue weighted by Gasteiger charge is 2.51. The predicted octanol–water partition coefficient (Wildman–Crippen LogP) is 9.55. The predicted molar refractivity (Wildman–Crippen MR) is 295 cm³/mol. The van der Waals surface area contributed by atoms with Gasteiger partial charge in [0.2, 0.25) is 5.91 Å². The minimum absolute atomic E-state index is 0.256. The van der Waals surface area contributed by atoms with Crippen molar-refractivity contribution >= 4 is 5.91 Å². The molecule has 2 heterocycles. The van der Waals surface area contributed by atoms with E-state index in [0.717, 1.165) is 64.2 Å². The van der Waals surface area contributed by atoms with E-state index >= 15 is 0 Å². The van der Waals surface area contributed by atoms with Gasteiger partial charge in [0.25, 0.3) is 0 Å². The topological polar surface area (TPSA) is 228 Å². The molecule has 2 fully saturated rings. The Kier molecular flexibility index (Phi) is 41.5. The van der Waals surface area contributed by atoms with Crippen molar-refractivity contribution in [2.75, 3.05) is 19.8 Å². The van der Waals surface area contributed by atoms with Gasteiger partial charge >= 0.3 is 0 Å². The van der Waals surface area contributed by atoms with Crippen molar-refractivity contribution in [3.63, 3.8) is 0 Å². The van der Waals surface area contributed by atoms with E-state index in [-0.39, 0.29) is 18.9 Å². The van der Waals surface area contributed by atoms with E-state index in [4.69, 9.17) is 18.9 Å². The van der Waals surface area contributed by atoms with Crippen molar-refractivity contribution < 1.29 is 64.6 Å². The number of amides is 1. The van der Waals surface area contributed by atoms with Crippen molar-refractivity contribution in [1.82, 2.24) is 5.32 Å². The highest BCUT2D eigenvalue weighted by Crippen LogP contribution is 2.30. The molecule has 0 aromatic carbocycles. The van der Waals surface area contributed by atoms with Crippen LogP contribution in [-0.4, -0.2) is 140 Å². The molecule has 428 valence electrons. The molecule has 2 aliphatic heterocycles. The number of rotatable bonds is 45. The van der Waals surface area contributed by atoms with E-state index in [1.165, 1.54) is 109 Å². The Hall–Kier alpha value is -2.57. The normalized spacial score (nSPS) is 25.8. The molecule has 0 aromatic rings. The van der Waals surface area contributed by atoms with Crippen LogP contribution in [0.2, 0.25) is 0 Å². The number of hydrogen-bond donors (Lipinski definition) is 9. The summed E-state index contributed by atoms with van der Waals surface area (Å²) in [5.74, 6) is -0.256. The van der Waals surface area contributed by atoms with E-state index in [9.17, 15) is 45.6 Å². The van der Waals surface area contributed by atoms with Crippen molar-refractivity contribution in [2.24, 2.45) is 0 Å². The quantitative estimate of drug-likeness (QED) is 0.0205. The minimum Gasteiger partial charge on any atom is -0.394 e. The molecule has 0 spiro atoms. The average Bonchev–Trinajstić information content (AvgIpc) is 3.40. The van der Waals surface area contributed by atoms with Crippen molar-refractivity contribution in [3.05, 3.63) is 72.9 Å². The Balaban J connectivity index is 1.79. The molecule has 12 unspecified atom stereocenters. The Morgan fingerprint density at radius 1 is 0.500 bits per heavy atom. The maximum absolute atomic E-state index is 13.2. The fourth-order valence-corrected chi connectivity index (χ4v) is 9.18. The van der Waals surface area contributed by atoms with Gasteiger partial charge < -0.3 is 65.1 Å². The first-order valence-corrected chi connectivity index (χ1v) is 29.2. The zero-order chi connectivity index (χ0) is 53.9. The summed E-state index contributed by atoms with van der Waals surface area (Å²) in [7, 11) is 0. The Morgan fingerprint density at radius 3 is 1.49 bits per heavy atom. The summed E-state index contributed by atoms with van der Waals surface area (Å²) < 4.78 is 22.7. The summed E-state index contributed by atoms with van der Waals surface area (Å²) in [6.45, 7) is 2.66. The summed E-state index contributed by atoms with van der Waals surface area (Å²) in [6.07, 6.45) is 42.2. The third-order valence-electron chi connectivity index (χ3n) is 13.9. The van der Waals surface area contributed by atoms with Crippen molar-refractivity contribution in [2.45, 2.75) is 280 Å². The number of ether oxygens (including phenoxy) is 4. The number of carbonyl (C=O) groups excluding carboxylic acids is 1. The Morgan fingerprint density at radius 2 is 0.946 bits per heavy atom. The first kappa shape index (κ1) is 67.5. The molecule has 0 radical (unpaired) electrons. The number of aliphatic hydroxyl groups excluding tert-OH is 8. The van der Waals surface area contributed by atoms with Gasteiger partial charge in [-0.05, 0) is 70.6 Å². The van der Waals surface area contributed by atoms with E-state index < -0.39 is 86.8 Å². The molecule has 12 atom stereocenters. The SMILES string of the molecule is CC/C=C\C/C=C\C/C=C\C/C=C\CCCCCCCCCCCCC(=O)NC(COC1OC(CO)C(OC2OC(CO)C(O)C(O)C2O)C(O)C1O)C(O)/C=C/CC/C=C/CCCCCCCCCCCCC. The number of carbonyl (C=O) groups is 1. The van der Waals surface area contributed by atoms with Gasteiger partial charge in [0.1, 0.15) is 48.8 Å². The van der Waals surface area contributed by atoms with Crippen LogP contribution in [0.15, 0.2) is 72.9 Å². The van der Waals surface area contributed by atoms with Crippen LogP contribution in [-0.2, 0) is 23.7 Å². The van der Waals surface area contributed by atoms with E-state index in [1.54, 1.807) is 6.08 Å².